The number of hydrogen-bond donors (Lipinski definition) is 1. The van der Waals surface area contributed by atoms with Crippen molar-refractivity contribution in [2.45, 2.75) is 6.43 Å². The second kappa shape index (κ2) is 7.28. The van der Waals surface area contributed by atoms with Gasteiger partial charge in [-0.2, -0.15) is 5.10 Å². The zero-order chi connectivity index (χ0) is 21.5. The molecule has 0 spiro atoms. The molecule has 0 bridgehead atoms. The number of anilines is 1. The summed E-state index contributed by atoms with van der Waals surface area (Å²) >= 11 is 0. The molecule has 7 nitrogen and oxygen atoms in total. The molecule has 0 fully saturated rings. The molecule has 3 aromatic heterocycles. The molecule has 0 radical (unpaired) electrons. The fourth-order valence-electron chi connectivity index (χ4n) is 3.48. The fourth-order valence-corrected chi connectivity index (χ4v) is 3.48. The van der Waals surface area contributed by atoms with Gasteiger partial charge in [-0.3, -0.25) is 10.1 Å². The first kappa shape index (κ1) is 18.9. The number of fused-ring (bicyclic) bond motifs is 2. The molecule has 0 aliphatic rings. The van der Waals surface area contributed by atoms with Gasteiger partial charge in [-0.1, -0.05) is 42.5 Å². The first-order valence-corrected chi connectivity index (χ1v) is 9.48. The molecule has 3 heterocycles. The van der Waals surface area contributed by atoms with Gasteiger partial charge in [0.1, 0.15) is 11.3 Å². The number of carbonyl (C=O) groups is 1. The van der Waals surface area contributed by atoms with Crippen molar-refractivity contribution in [2.75, 3.05) is 5.32 Å². The lowest BCUT2D eigenvalue weighted by Gasteiger charge is -2.09. The molecule has 0 saturated carbocycles. The van der Waals surface area contributed by atoms with E-state index in [0.29, 0.717) is 17.2 Å². The number of aryl methyl sites for hydroxylation is 1. The highest BCUT2D eigenvalue weighted by molar-refractivity contribution is 6.08. The van der Waals surface area contributed by atoms with Gasteiger partial charge in [0.05, 0.1) is 22.9 Å². The Morgan fingerprint density at radius 1 is 1.03 bits per heavy atom. The van der Waals surface area contributed by atoms with Crippen LogP contribution in [0.5, 0.6) is 0 Å². The van der Waals surface area contributed by atoms with Gasteiger partial charge in [-0.15, -0.1) is 0 Å². The third kappa shape index (κ3) is 3.20. The maximum absolute atomic E-state index is 13.7. The van der Waals surface area contributed by atoms with E-state index in [1.807, 2.05) is 30.3 Å². The molecule has 0 aliphatic heterocycles. The Hall–Kier alpha value is -4.14. The van der Waals surface area contributed by atoms with Crippen LogP contribution >= 0.6 is 0 Å². The van der Waals surface area contributed by atoms with Gasteiger partial charge >= 0.3 is 0 Å². The minimum atomic E-state index is -2.79. The number of nitrogens with one attached hydrogen (secondary N) is 1. The Balaban J connectivity index is 1.60. The maximum Gasteiger partial charge on any atom is 0.280 e. The van der Waals surface area contributed by atoms with Crippen molar-refractivity contribution in [2.24, 2.45) is 7.05 Å². The van der Waals surface area contributed by atoms with E-state index < -0.39 is 12.3 Å². The smallest absolute Gasteiger partial charge is 0.280 e. The van der Waals surface area contributed by atoms with Gasteiger partial charge in [-0.25, -0.2) is 23.3 Å². The highest BCUT2D eigenvalue weighted by Gasteiger charge is 2.22. The molecule has 5 rings (SSSR count). The Kier molecular flexibility index (Phi) is 4.43. The Labute approximate surface area is 175 Å². The molecule has 1 N–H and O–H groups in total. The van der Waals surface area contributed by atoms with E-state index in [0.717, 1.165) is 15.5 Å². The average Bonchev–Trinajstić information content (AvgIpc) is 3.35. The topological polar surface area (TPSA) is 77.1 Å². The molecule has 0 unspecified atom stereocenters. The number of nitrogens with zero attached hydrogens (tertiary/aromatic N) is 5. The fraction of sp³-hybridized carbons (Fsp3) is 0.0909. The lowest BCUT2D eigenvalue weighted by molar-refractivity contribution is 0.102. The summed E-state index contributed by atoms with van der Waals surface area (Å²) in [5.41, 5.74) is 2.35. The van der Waals surface area contributed by atoms with Crippen molar-refractivity contribution in [3.8, 4) is 11.3 Å². The van der Waals surface area contributed by atoms with Gasteiger partial charge in [-0.05, 0) is 18.2 Å². The Bertz CT molecular complexity index is 1420. The van der Waals surface area contributed by atoms with Crippen molar-refractivity contribution in [1.82, 2.24) is 24.1 Å². The third-order valence-electron chi connectivity index (χ3n) is 5.05. The number of amides is 1. The molecule has 31 heavy (non-hydrogen) atoms. The molecular formula is C22H16F2N6O. The van der Waals surface area contributed by atoms with Gasteiger partial charge in [0.2, 0.25) is 5.95 Å². The summed E-state index contributed by atoms with van der Waals surface area (Å²) in [5, 5.41) is 6.72. The van der Waals surface area contributed by atoms with Gasteiger partial charge in [0.15, 0.2) is 5.65 Å². The number of alkyl halides is 2. The van der Waals surface area contributed by atoms with Crippen molar-refractivity contribution in [3.05, 3.63) is 78.1 Å². The summed E-state index contributed by atoms with van der Waals surface area (Å²) in [6.45, 7) is 0. The lowest BCUT2D eigenvalue weighted by atomic mass is 10.1. The number of hydrogen-bond acceptors (Lipinski definition) is 4. The first-order valence-electron chi connectivity index (χ1n) is 9.48. The van der Waals surface area contributed by atoms with Crippen molar-refractivity contribution in [3.63, 3.8) is 0 Å². The summed E-state index contributed by atoms with van der Waals surface area (Å²) in [5.74, 6) is -0.204. The van der Waals surface area contributed by atoms with E-state index in [2.05, 4.69) is 20.4 Å². The predicted molar refractivity (Wildman–Crippen MR) is 112 cm³/mol. The van der Waals surface area contributed by atoms with Gasteiger partial charge in [0, 0.05) is 12.6 Å². The number of halogens is 2. The minimum Gasteiger partial charge on any atom is -0.313 e. The largest absolute Gasteiger partial charge is 0.313 e. The summed E-state index contributed by atoms with van der Waals surface area (Å²) in [6, 6.07) is 17.7. The number of carbonyl (C=O) groups excluding carboxylic acids is 1. The first-order chi connectivity index (χ1) is 15.0. The summed E-state index contributed by atoms with van der Waals surface area (Å²) in [6.07, 6.45) is -1.55. The second-order valence-electron chi connectivity index (χ2n) is 6.96. The summed E-state index contributed by atoms with van der Waals surface area (Å²) in [7, 11) is 1.78. The van der Waals surface area contributed by atoms with Crippen molar-refractivity contribution in [1.29, 1.82) is 0 Å². The number of aromatic nitrogens is 5. The van der Waals surface area contributed by atoms with E-state index in [9.17, 15) is 13.6 Å². The number of imidazole rings is 1. The van der Waals surface area contributed by atoms with Crippen LogP contribution in [0.1, 0.15) is 22.5 Å². The van der Waals surface area contributed by atoms with Crippen molar-refractivity contribution >= 4 is 28.5 Å². The van der Waals surface area contributed by atoms with Crippen molar-refractivity contribution < 1.29 is 13.6 Å². The Morgan fingerprint density at radius 2 is 1.77 bits per heavy atom. The normalized spacial score (nSPS) is 11.5. The van der Waals surface area contributed by atoms with Crippen LogP contribution in [0, 0.1) is 0 Å². The zero-order valence-corrected chi connectivity index (χ0v) is 16.3. The molecule has 2 aromatic carbocycles. The molecule has 0 saturated heterocycles. The summed E-state index contributed by atoms with van der Waals surface area (Å²) < 4.78 is 30.2. The van der Waals surface area contributed by atoms with E-state index in [1.54, 1.807) is 35.9 Å². The standard InChI is InChI=1S/C22H16F2N6O/c1-29-17-10-6-5-9-15(17)27-22(29)28-21(31)14-12-25-30-18(19(23)24)11-16(26-20(14)30)13-7-3-2-4-8-13/h2-12,19H,1H3,(H,27,28,31). The molecular weight excluding hydrogens is 402 g/mol. The van der Waals surface area contributed by atoms with Gasteiger partial charge < -0.3 is 4.57 Å². The van der Waals surface area contributed by atoms with Crippen LogP contribution in [-0.2, 0) is 7.05 Å². The molecule has 0 atom stereocenters. The highest BCUT2D eigenvalue weighted by Crippen LogP contribution is 2.27. The van der Waals surface area contributed by atoms with Crippen LogP contribution in [0.25, 0.3) is 27.9 Å². The Morgan fingerprint density at radius 3 is 2.52 bits per heavy atom. The van der Waals surface area contributed by atoms with Gasteiger partial charge in [0.25, 0.3) is 12.3 Å². The molecule has 1 amide bonds. The monoisotopic (exact) mass is 418 g/mol. The van der Waals surface area contributed by atoms with Crippen LogP contribution in [-0.4, -0.2) is 30.1 Å². The predicted octanol–water partition coefficient (Wildman–Crippen LogP) is 4.47. The van der Waals surface area contributed by atoms with E-state index in [-0.39, 0.29) is 16.9 Å². The SMILES string of the molecule is Cn1c(NC(=O)c2cnn3c(C(F)F)cc(-c4ccccc4)nc23)nc2ccccc21. The third-order valence-corrected chi connectivity index (χ3v) is 5.05. The maximum atomic E-state index is 13.7. The van der Waals surface area contributed by atoms with Crippen LogP contribution < -0.4 is 5.32 Å². The van der Waals surface area contributed by atoms with E-state index in [1.165, 1.54) is 12.3 Å². The minimum absolute atomic E-state index is 0.0490. The number of para-hydroxylation sites is 2. The van der Waals surface area contributed by atoms with E-state index in [4.69, 9.17) is 0 Å². The number of benzene rings is 2. The molecule has 5 aromatic rings. The average molecular weight is 418 g/mol. The zero-order valence-electron chi connectivity index (χ0n) is 16.3. The van der Waals surface area contributed by atoms with Crippen LogP contribution in [0.3, 0.4) is 0 Å². The summed E-state index contributed by atoms with van der Waals surface area (Å²) in [4.78, 5) is 21.9. The van der Waals surface area contributed by atoms with Crippen LogP contribution in [0.2, 0.25) is 0 Å². The molecule has 0 aliphatic carbocycles. The molecule has 9 heteroatoms. The highest BCUT2D eigenvalue weighted by atomic mass is 19.3. The lowest BCUT2D eigenvalue weighted by Crippen LogP contribution is -2.15. The molecule has 154 valence electrons. The number of rotatable bonds is 4. The quantitative estimate of drug-likeness (QED) is 0.467. The van der Waals surface area contributed by atoms with E-state index >= 15 is 0 Å². The second-order valence-corrected chi connectivity index (χ2v) is 6.96. The van der Waals surface area contributed by atoms with Crippen LogP contribution in [0.15, 0.2) is 66.9 Å². The van der Waals surface area contributed by atoms with Crippen LogP contribution in [0.4, 0.5) is 14.7 Å².